The predicted octanol–water partition coefficient (Wildman–Crippen LogP) is 5.18. The van der Waals surface area contributed by atoms with Gasteiger partial charge in [-0.3, -0.25) is 4.40 Å². The van der Waals surface area contributed by atoms with Gasteiger partial charge in [-0.05, 0) is 54.9 Å². The van der Waals surface area contributed by atoms with Crippen molar-refractivity contribution in [1.82, 2.24) is 19.7 Å². The number of hydrogen-bond donors (Lipinski definition) is 2. The van der Waals surface area contributed by atoms with Crippen molar-refractivity contribution < 1.29 is 13.2 Å². The molecule has 170 valence electrons. The van der Waals surface area contributed by atoms with Gasteiger partial charge in [-0.25, -0.2) is 9.97 Å². The number of nitrogens with one attached hydrogen (secondary N) is 2. The number of aromatic nitrogens is 3. The van der Waals surface area contributed by atoms with Gasteiger partial charge < -0.3 is 10.6 Å². The van der Waals surface area contributed by atoms with Gasteiger partial charge in [0.15, 0.2) is 0 Å². The van der Waals surface area contributed by atoms with Gasteiger partial charge in [-0.15, -0.1) is 0 Å². The van der Waals surface area contributed by atoms with Crippen molar-refractivity contribution in [2.24, 2.45) is 5.41 Å². The fraction of sp³-hybridized carbons (Fsp3) is 0.500. The second-order valence-electron chi connectivity index (χ2n) is 9.13. The molecule has 2 saturated carbocycles. The Morgan fingerprint density at radius 1 is 1.09 bits per heavy atom. The van der Waals surface area contributed by atoms with E-state index in [1.165, 1.54) is 0 Å². The summed E-state index contributed by atoms with van der Waals surface area (Å²) in [5, 5.41) is 6.84. The molecule has 1 aliphatic heterocycles. The monoisotopic (exact) mass is 443 g/mol. The maximum Gasteiger partial charge on any atom is 0.398 e. The van der Waals surface area contributed by atoms with Crippen LogP contribution in [0, 0.1) is 5.41 Å². The number of imidazole rings is 1. The van der Waals surface area contributed by atoms with Crippen LogP contribution in [0.2, 0.25) is 0 Å². The molecule has 0 aromatic carbocycles. The topological polar surface area (TPSA) is 54.2 Å². The first-order chi connectivity index (χ1) is 15.4. The van der Waals surface area contributed by atoms with E-state index in [0.29, 0.717) is 34.1 Å². The Balaban J connectivity index is 0.00000105. The lowest BCUT2D eigenvalue weighted by atomic mass is 9.62. The summed E-state index contributed by atoms with van der Waals surface area (Å²) in [6.45, 7) is 6.20. The second-order valence-corrected chi connectivity index (χ2v) is 9.13. The summed E-state index contributed by atoms with van der Waals surface area (Å²) in [6.07, 6.45) is 1.59. The normalized spacial score (nSPS) is 20.8. The molecular weight excluding hydrogens is 415 g/mol. The molecule has 0 bridgehead atoms. The summed E-state index contributed by atoms with van der Waals surface area (Å²) in [5.41, 5.74) is 1.07. The number of anilines is 1. The number of rotatable bonds is 4. The van der Waals surface area contributed by atoms with Crippen molar-refractivity contribution in [2.45, 2.75) is 57.2 Å². The number of halogens is 3. The summed E-state index contributed by atoms with van der Waals surface area (Å²) in [4.78, 5) is 9.10. The standard InChI is InChI=1S/C22H22F3N5.C2H6/c23-22(24,25)21(6-7-21)14-4-5-19-27-10-17(30(19)11-14)16-2-1-3-18(29-16)28-15-8-20(9-15)12-26-13-20;1-2/h1-5,10-11,15,26H,6-9,12-13H2,(H,28,29);1-2H3. The molecule has 5 nitrogen and oxygen atoms in total. The molecule has 3 aromatic rings. The Bertz CT molecular complexity index is 1120. The molecule has 2 N–H and O–H groups in total. The fourth-order valence-electron chi connectivity index (χ4n) is 5.04. The number of alkyl halides is 3. The van der Waals surface area contributed by atoms with Gasteiger partial charge in [0.05, 0.1) is 23.0 Å². The molecule has 3 aliphatic rings. The van der Waals surface area contributed by atoms with E-state index in [9.17, 15) is 13.2 Å². The molecule has 8 heteroatoms. The lowest BCUT2D eigenvalue weighted by Crippen LogP contribution is -2.63. The highest BCUT2D eigenvalue weighted by Crippen LogP contribution is 2.58. The van der Waals surface area contributed by atoms with E-state index >= 15 is 0 Å². The Morgan fingerprint density at radius 2 is 1.84 bits per heavy atom. The van der Waals surface area contributed by atoms with Gasteiger partial charge in [-0.2, -0.15) is 13.2 Å². The minimum absolute atomic E-state index is 0.141. The Labute approximate surface area is 185 Å². The van der Waals surface area contributed by atoms with Crippen molar-refractivity contribution in [3.8, 4) is 11.4 Å². The van der Waals surface area contributed by atoms with Crippen LogP contribution in [0.3, 0.4) is 0 Å². The van der Waals surface area contributed by atoms with Crippen LogP contribution in [0.1, 0.15) is 45.1 Å². The maximum atomic E-state index is 13.6. The Morgan fingerprint density at radius 3 is 2.47 bits per heavy atom. The van der Waals surface area contributed by atoms with E-state index in [1.54, 1.807) is 28.9 Å². The highest BCUT2D eigenvalue weighted by atomic mass is 19.4. The molecule has 1 saturated heterocycles. The van der Waals surface area contributed by atoms with Crippen LogP contribution < -0.4 is 10.6 Å². The number of pyridine rings is 2. The van der Waals surface area contributed by atoms with E-state index in [0.717, 1.165) is 31.7 Å². The van der Waals surface area contributed by atoms with Crippen LogP contribution in [0.25, 0.3) is 17.0 Å². The molecule has 0 amide bonds. The molecule has 3 fully saturated rings. The van der Waals surface area contributed by atoms with Crippen molar-refractivity contribution in [2.75, 3.05) is 18.4 Å². The van der Waals surface area contributed by atoms with Gasteiger partial charge in [0.2, 0.25) is 0 Å². The maximum absolute atomic E-state index is 13.6. The number of hydrogen-bond acceptors (Lipinski definition) is 4. The van der Waals surface area contributed by atoms with E-state index < -0.39 is 11.6 Å². The molecule has 0 atom stereocenters. The lowest BCUT2D eigenvalue weighted by molar-refractivity contribution is -0.160. The minimum atomic E-state index is -4.24. The fourth-order valence-corrected chi connectivity index (χ4v) is 5.04. The minimum Gasteiger partial charge on any atom is -0.367 e. The molecule has 6 rings (SSSR count). The zero-order valence-corrected chi connectivity index (χ0v) is 18.3. The summed E-state index contributed by atoms with van der Waals surface area (Å²) in [5.74, 6) is 0.791. The van der Waals surface area contributed by atoms with Crippen LogP contribution in [-0.2, 0) is 5.41 Å². The summed E-state index contributed by atoms with van der Waals surface area (Å²) in [7, 11) is 0. The first kappa shape index (κ1) is 21.2. The first-order valence-corrected chi connectivity index (χ1v) is 11.4. The predicted molar refractivity (Wildman–Crippen MR) is 119 cm³/mol. The van der Waals surface area contributed by atoms with Crippen LogP contribution in [-0.4, -0.2) is 39.7 Å². The Kier molecular flexibility index (Phi) is 4.96. The average Bonchev–Trinajstić information content (AvgIpc) is 3.45. The molecule has 3 aromatic heterocycles. The number of fused-ring (bicyclic) bond motifs is 1. The van der Waals surface area contributed by atoms with Gasteiger partial charge in [0.25, 0.3) is 0 Å². The van der Waals surface area contributed by atoms with Crippen LogP contribution in [0.15, 0.2) is 42.7 Å². The highest BCUT2D eigenvalue weighted by Gasteiger charge is 2.64. The molecule has 32 heavy (non-hydrogen) atoms. The molecule has 0 unspecified atom stereocenters. The van der Waals surface area contributed by atoms with Crippen molar-refractivity contribution >= 4 is 11.5 Å². The van der Waals surface area contributed by atoms with E-state index in [1.807, 2.05) is 32.0 Å². The highest BCUT2D eigenvalue weighted by molar-refractivity contribution is 5.62. The third kappa shape index (κ3) is 3.36. The Hall–Kier alpha value is -2.61. The zero-order valence-electron chi connectivity index (χ0n) is 18.3. The summed E-state index contributed by atoms with van der Waals surface area (Å²) in [6, 6.07) is 9.37. The van der Waals surface area contributed by atoms with Crippen LogP contribution in [0.4, 0.5) is 19.0 Å². The quantitative estimate of drug-likeness (QED) is 0.583. The third-order valence-corrected chi connectivity index (χ3v) is 7.07. The average molecular weight is 444 g/mol. The smallest absolute Gasteiger partial charge is 0.367 e. The molecule has 2 aliphatic carbocycles. The van der Waals surface area contributed by atoms with Gasteiger partial charge >= 0.3 is 6.18 Å². The summed E-state index contributed by atoms with van der Waals surface area (Å²) >= 11 is 0. The van der Waals surface area contributed by atoms with E-state index in [-0.39, 0.29) is 12.8 Å². The van der Waals surface area contributed by atoms with Crippen molar-refractivity contribution in [3.05, 3.63) is 48.3 Å². The first-order valence-electron chi connectivity index (χ1n) is 11.4. The largest absolute Gasteiger partial charge is 0.398 e. The van der Waals surface area contributed by atoms with Gasteiger partial charge in [0.1, 0.15) is 11.5 Å². The summed E-state index contributed by atoms with van der Waals surface area (Å²) < 4.78 is 42.5. The molecule has 0 radical (unpaired) electrons. The molecular formula is C24H28F3N5. The number of nitrogens with zero attached hydrogens (tertiary/aromatic N) is 3. The zero-order chi connectivity index (χ0) is 22.6. The van der Waals surface area contributed by atoms with Gasteiger partial charge in [0, 0.05) is 25.3 Å². The van der Waals surface area contributed by atoms with Crippen molar-refractivity contribution in [1.29, 1.82) is 0 Å². The SMILES string of the molecule is CC.FC(F)(F)C1(c2ccc3ncc(-c4cccc(NC5CC6(CNC6)C5)n4)n3c2)CC1. The van der Waals surface area contributed by atoms with Gasteiger partial charge in [-0.1, -0.05) is 26.0 Å². The van der Waals surface area contributed by atoms with E-state index in [2.05, 4.69) is 15.6 Å². The molecule has 1 spiro atoms. The molecule has 4 heterocycles. The lowest BCUT2D eigenvalue weighted by Gasteiger charge is -2.54. The van der Waals surface area contributed by atoms with E-state index in [4.69, 9.17) is 4.98 Å². The van der Waals surface area contributed by atoms with Crippen LogP contribution in [0.5, 0.6) is 0 Å². The third-order valence-electron chi connectivity index (χ3n) is 7.07. The second kappa shape index (κ2) is 7.47. The van der Waals surface area contributed by atoms with Crippen LogP contribution >= 0.6 is 0 Å². The van der Waals surface area contributed by atoms with Crippen molar-refractivity contribution in [3.63, 3.8) is 0 Å².